The second kappa shape index (κ2) is 5.44. The fourth-order valence-corrected chi connectivity index (χ4v) is 0.540. The second-order valence-corrected chi connectivity index (χ2v) is 2.54. The zero-order chi connectivity index (χ0) is 7.49. The zero-order valence-electron chi connectivity index (χ0n) is 4.35. The van der Waals surface area contributed by atoms with Gasteiger partial charge < -0.3 is 10.2 Å². The number of rotatable bonds is 3. The van der Waals surface area contributed by atoms with Crippen LogP contribution in [0.1, 0.15) is 0 Å². The predicted molar refractivity (Wildman–Crippen MR) is 34.9 cm³/mol. The third-order valence-corrected chi connectivity index (χ3v) is 0.980. The summed E-state index contributed by atoms with van der Waals surface area (Å²) in [6.45, 7) is -0.612. The van der Waals surface area contributed by atoms with Crippen molar-refractivity contribution in [2.24, 2.45) is 0 Å². The van der Waals surface area contributed by atoms with Crippen molar-refractivity contribution in [1.82, 2.24) is 4.72 Å². The fourth-order valence-electron chi connectivity index (χ4n) is 0.180. The molecule has 0 saturated carbocycles. The first-order valence-electron chi connectivity index (χ1n) is 2.00. The Morgan fingerprint density at radius 1 is 1.40 bits per heavy atom. The summed E-state index contributed by atoms with van der Waals surface area (Å²) < 4.78 is 28.9. The van der Waals surface area contributed by atoms with E-state index in [1.54, 1.807) is 0 Å². The molecule has 0 fully saturated rings. The molecule has 0 unspecified atom stereocenters. The molecule has 0 atom stereocenters. The Bertz CT molecular complexity index is 164. The van der Waals surface area contributed by atoms with Crippen LogP contribution in [0, 0.1) is 0 Å². The van der Waals surface area contributed by atoms with E-state index in [0.29, 0.717) is 0 Å². The van der Waals surface area contributed by atoms with Gasteiger partial charge in [-0.3, -0.25) is 4.55 Å². The molecule has 0 aliphatic heterocycles. The van der Waals surface area contributed by atoms with Crippen molar-refractivity contribution in [2.75, 3.05) is 6.54 Å². The molecule has 0 aromatic heterocycles. The molecule has 0 aliphatic rings. The molecule has 0 radical (unpaired) electrons. The molecule has 0 amide bonds. The molecule has 8 heteroatoms. The summed E-state index contributed by atoms with van der Waals surface area (Å²) in [5, 5.41) is 16.1. The van der Waals surface area contributed by atoms with Crippen LogP contribution in [-0.2, 0) is 10.3 Å². The predicted octanol–water partition coefficient (Wildman–Crippen LogP) is -2.96. The first kappa shape index (κ1) is 13.4. The third-order valence-electron chi connectivity index (χ3n) is 0.448. The van der Waals surface area contributed by atoms with Crippen molar-refractivity contribution in [1.29, 1.82) is 0 Å². The molecule has 4 N–H and O–H groups in total. The molecule has 0 saturated heterocycles. The fraction of sp³-hybridized carbons (Fsp3) is 1.00. The van der Waals surface area contributed by atoms with Crippen molar-refractivity contribution in [3.8, 4) is 0 Å². The topological polar surface area (TPSA) is 107 Å². The van der Waals surface area contributed by atoms with Gasteiger partial charge in [0.25, 0.3) is 0 Å². The summed E-state index contributed by atoms with van der Waals surface area (Å²) in [6, 6.07) is 0. The van der Waals surface area contributed by atoms with E-state index in [1.807, 2.05) is 0 Å². The minimum absolute atomic E-state index is 0. The Morgan fingerprint density at radius 2 is 1.80 bits per heavy atom. The first-order chi connectivity index (χ1) is 3.92. The van der Waals surface area contributed by atoms with Gasteiger partial charge in [0.1, 0.15) is 0 Å². The van der Waals surface area contributed by atoms with E-state index in [-0.39, 0.29) is 29.6 Å². The van der Waals surface area contributed by atoms with Gasteiger partial charge in [-0.2, -0.15) is 13.1 Å². The van der Waals surface area contributed by atoms with Crippen molar-refractivity contribution in [2.45, 2.75) is 6.29 Å². The monoisotopic (exact) mass is 181 g/mol. The van der Waals surface area contributed by atoms with Gasteiger partial charge in [0.15, 0.2) is 6.29 Å². The van der Waals surface area contributed by atoms with Crippen LogP contribution in [0.5, 0.6) is 0 Å². The average Bonchev–Trinajstić information content (AvgIpc) is 1.59. The van der Waals surface area contributed by atoms with E-state index < -0.39 is 23.1 Å². The van der Waals surface area contributed by atoms with Gasteiger partial charge in [-0.1, -0.05) is 0 Å². The van der Waals surface area contributed by atoms with Crippen molar-refractivity contribution in [3.63, 3.8) is 0 Å². The molecule has 0 spiro atoms. The summed E-state index contributed by atoms with van der Waals surface area (Å²) in [5.74, 6) is 0. The van der Waals surface area contributed by atoms with Crippen molar-refractivity contribution in [3.05, 3.63) is 0 Å². The normalized spacial score (nSPS) is 11.2. The Balaban J connectivity index is 0. The molecule has 0 aliphatic carbocycles. The average molecular weight is 181 g/mol. The van der Waals surface area contributed by atoms with E-state index in [4.69, 9.17) is 14.8 Å². The van der Waals surface area contributed by atoms with Crippen LogP contribution in [0.2, 0.25) is 0 Å². The van der Waals surface area contributed by atoms with E-state index in [2.05, 4.69) is 0 Å². The molecular weight excluding hydrogens is 173 g/mol. The Labute approximate surface area is 80.4 Å². The first-order valence-corrected chi connectivity index (χ1v) is 3.44. The molecule has 0 rings (SSSR count). The maximum atomic E-state index is 9.76. The number of hydrogen-bond acceptors (Lipinski definition) is 4. The maximum absolute atomic E-state index is 9.76. The van der Waals surface area contributed by atoms with Gasteiger partial charge >= 0.3 is 39.9 Å². The molecule has 6 nitrogen and oxygen atoms in total. The van der Waals surface area contributed by atoms with Crippen LogP contribution in [0.3, 0.4) is 0 Å². The molecule has 10 heavy (non-hydrogen) atoms. The molecule has 0 aromatic carbocycles. The van der Waals surface area contributed by atoms with E-state index >= 15 is 0 Å². The number of hydrogen-bond donors (Lipinski definition) is 4. The van der Waals surface area contributed by atoms with Crippen molar-refractivity contribution >= 4 is 39.9 Å². The quantitative estimate of drug-likeness (QED) is 0.211. The molecule has 58 valence electrons. The Hall–Kier alpha value is 0.790. The molecule has 0 bridgehead atoms. The van der Waals surface area contributed by atoms with E-state index in [1.165, 1.54) is 4.72 Å². The van der Waals surface area contributed by atoms with Crippen molar-refractivity contribution < 1.29 is 23.2 Å². The van der Waals surface area contributed by atoms with Crippen LogP contribution in [0.15, 0.2) is 0 Å². The van der Waals surface area contributed by atoms with Crippen LogP contribution in [0.4, 0.5) is 0 Å². The Kier molecular flexibility index (Phi) is 7.28. The van der Waals surface area contributed by atoms with Gasteiger partial charge in [-0.05, 0) is 0 Å². The molecule has 0 heterocycles. The number of aliphatic hydroxyl groups excluding tert-OH is 1. The van der Waals surface area contributed by atoms with E-state index in [0.717, 1.165) is 0 Å². The summed E-state index contributed by atoms with van der Waals surface area (Å²) in [4.78, 5) is 0. The molecule has 0 aromatic rings. The summed E-state index contributed by atoms with van der Waals surface area (Å²) in [7, 11) is -4.29. The third kappa shape index (κ3) is 11.6. The molecular formula is C2H8NNaO5S. The summed E-state index contributed by atoms with van der Waals surface area (Å²) in [6.07, 6.45) is -1.79. The van der Waals surface area contributed by atoms with Crippen LogP contribution < -0.4 is 4.72 Å². The summed E-state index contributed by atoms with van der Waals surface area (Å²) in [5.41, 5.74) is 0. The van der Waals surface area contributed by atoms with Gasteiger partial charge in [0.05, 0.1) is 6.54 Å². The standard InChI is InChI=1S/C2H7NO5S.Na.H/c4-2(5)1-3-9(6,7)8;;/h2-5H,1H2,(H,6,7,8);;. The van der Waals surface area contributed by atoms with Gasteiger partial charge in [-0.25, -0.2) is 0 Å². The number of aliphatic hydroxyl groups is 2. The van der Waals surface area contributed by atoms with Gasteiger partial charge in [0, 0.05) is 0 Å². The minimum atomic E-state index is -4.29. The van der Waals surface area contributed by atoms with Crippen LogP contribution >= 0.6 is 0 Å². The van der Waals surface area contributed by atoms with Crippen LogP contribution in [0.25, 0.3) is 0 Å². The van der Waals surface area contributed by atoms with E-state index in [9.17, 15) is 8.42 Å². The Morgan fingerprint density at radius 3 is 1.90 bits per heavy atom. The summed E-state index contributed by atoms with van der Waals surface area (Å²) >= 11 is 0. The zero-order valence-corrected chi connectivity index (χ0v) is 5.17. The van der Waals surface area contributed by atoms with Gasteiger partial charge in [-0.15, -0.1) is 0 Å². The number of nitrogens with one attached hydrogen (secondary N) is 1. The SMILES string of the molecule is O=S(=O)(O)NCC(O)O.[NaH]. The second-order valence-electron chi connectivity index (χ2n) is 1.30. The van der Waals surface area contributed by atoms with Crippen LogP contribution in [-0.4, -0.2) is 65.6 Å². The van der Waals surface area contributed by atoms with Gasteiger partial charge in [0.2, 0.25) is 0 Å².